The molecule has 0 unspecified atom stereocenters. The smallest absolute Gasteiger partial charge is 0.408 e. The second-order valence-corrected chi connectivity index (χ2v) is 9.61. The van der Waals surface area contributed by atoms with Gasteiger partial charge in [-0.2, -0.15) is 5.10 Å². The summed E-state index contributed by atoms with van der Waals surface area (Å²) in [6.07, 6.45) is 7.11. The van der Waals surface area contributed by atoms with Crippen LogP contribution in [0.3, 0.4) is 0 Å². The number of aromatic nitrogens is 7. The van der Waals surface area contributed by atoms with Gasteiger partial charge in [0.2, 0.25) is 5.95 Å². The summed E-state index contributed by atoms with van der Waals surface area (Å²) in [6.45, 7) is -0.0327. The minimum Gasteiger partial charge on any atom is -0.441 e. The van der Waals surface area contributed by atoms with Crippen LogP contribution in [0.1, 0.15) is 31.1 Å². The van der Waals surface area contributed by atoms with Gasteiger partial charge in [-0.1, -0.05) is 0 Å². The molecule has 0 aromatic carbocycles. The summed E-state index contributed by atoms with van der Waals surface area (Å²) >= 11 is 0. The summed E-state index contributed by atoms with van der Waals surface area (Å²) in [4.78, 5) is 29.3. The number of nitrogens with zero attached hydrogens (tertiary/aromatic N) is 6. The van der Waals surface area contributed by atoms with Crippen LogP contribution in [-0.2, 0) is 9.47 Å². The Morgan fingerprint density at radius 2 is 2.08 bits per heavy atom. The van der Waals surface area contributed by atoms with Gasteiger partial charge in [0, 0.05) is 48.0 Å². The van der Waals surface area contributed by atoms with E-state index in [0.29, 0.717) is 28.8 Å². The summed E-state index contributed by atoms with van der Waals surface area (Å²) in [5.41, 5.74) is 2.33. The molecule has 184 valence electrons. The lowest BCUT2D eigenvalue weighted by Crippen LogP contribution is -2.68. The molecule has 8 rings (SSSR count). The van der Waals surface area contributed by atoms with E-state index in [4.69, 9.17) is 9.47 Å². The zero-order chi connectivity index (χ0) is 24.3. The van der Waals surface area contributed by atoms with Crippen LogP contribution in [0.5, 0.6) is 0 Å². The van der Waals surface area contributed by atoms with Gasteiger partial charge in [-0.3, -0.25) is 9.50 Å². The number of alkyl carbamates (subject to hydrolysis) is 1. The van der Waals surface area contributed by atoms with Crippen molar-refractivity contribution in [3.05, 3.63) is 48.9 Å². The van der Waals surface area contributed by atoms with Crippen molar-refractivity contribution >= 4 is 23.5 Å². The van der Waals surface area contributed by atoms with E-state index in [2.05, 4.69) is 40.8 Å². The lowest BCUT2D eigenvalue weighted by molar-refractivity contribution is -0.0528. The number of alkyl halides is 1. The topological polar surface area (TPSA) is 144 Å². The van der Waals surface area contributed by atoms with Crippen LogP contribution in [0.4, 0.5) is 21.0 Å². The number of rotatable bonds is 6. The molecule has 2 bridgehead atoms. The maximum Gasteiger partial charge on any atom is 0.408 e. The number of H-pyrrole nitrogens is 1. The first-order chi connectivity index (χ1) is 17.6. The maximum absolute atomic E-state index is 15.1. The first kappa shape index (κ1) is 21.2. The summed E-state index contributed by atoms with van der Waals surface area (Å²) in [7, 11) is 0. The second kappa shape index (κ2) is 7.95. The number of carbonyl (C=O) groups excluding carboxylic acids is 1. The third kappa shape index (κ3) is 3.54. The molecular weight excluding hydrogens is 469 g/mol. The number of hydrogen-bond acceptors (Lipinski definition) is 9. The molecule has 13 heteroatoms. The van der Waals surface area contributed by atoms with Gasteiger partial charge in [0.15, 0.2) is 18.1 Å². The number of imidazole rings is 1. The van der Waals surface area contributed by atoms with Crippen LogP contribution in [0.25, 0.3) is 16.9 Å². The van der Waals surface area contributed by atoms with Gasteiger partial charge in [-0.15, -0.1) is 0 Å². The van der Waals surface area contributed by atoms with E-state index < -0.39 is 24.5 Å². The third-order valence-corrected chi connectivity index (χ3v) is 7.14. The second-order valence-electron chi connectivity index (χ2n) is 9.61. The molecule has 1 amide bonds. The summed E-state index contributed by atoms with van der Waals surface area (Å²) in [6, 6.07) is 3.47. The molecule has 4 aromatic heterocycles. The number of fused-ring (bicyclic) bond motifs is 1. The molecule has 3 atom stereocenters. The first-order valence-electron chi connectivity index (χ1n) is 11.7. The number of anilines is 2. The van der Waals surface area contributed by atoms with Gasteiger partial charge < -0.3 is 20.1 Å². The van der Waals surface area contributed by atoms with Gasteiger partial charge in [0.05, 0.1) is 18.0 Å². The van der Waals surface area contributed by atoms with Crippen molar-refractivity contribution in [2.24, 2.45) is 5.92 Å². The summed E-state index contributed by atoms with van der Waals surface area (Å²) in [5, 5.41) is 13.1. The lowest BCUT2D eigenvalue weighted by Gasteiger charge is -2.61. The van der Waals surface area contributed by atoms with E-state index in [0.717, 1.165) is 30.7 Å². The van der Waals surface area contributed by atoms with Gasteiger partial charge >= 0.3 is 6.09 Å². The van der Waals surface area contributed by atoms with Crippen molar-refractivity contribution < 1.29 is 18.7 Å². The highest BCUT2D eigenvalue weighted by Crippen LogP contribution is 2.57. The predicted octanol–water partition coefficient (Wildman–Crippen LogP) is 2.71. The van der Waals surface area contributed by atoms with Gasteiger partial charge in [-0.05, 0) is 25.2 Å². The molecule has 12 nitrogen and oxygen atoms in total. The maximum atomic E-state index is 15.1. The van der Waals surface area contributed by atoms with E-state index >= 15 is 4.39 Å². The Bertz CT molecular complexity index is 1420. The molecule has 4 aliphatic rings. The predicted molar refractivity (Wildman–Crippen MR) is 123 cm³/mol. The van der Waals surface area contributed by atoms with Crippen LogP contribution in [0.2, 0.25) is 0 Å². The molecule has 3 N–H and O–H groups in total. The van der Waals surface area contributed by atoms with Crippen LogP contribution in [0.15, 0.2) is 43.2 Å². The number of halogens is 1. The quantitative estimate of drug-likeness (QED) is 0.371. The van der Waals surface area contributed by atoms with Crippen LogP contribution < -0.4 is 10.6 Å². The van der Waals surface area contributed by atoms with Crippen LogP contribution in [0, 0.1) is 5.92 Å². The van der Waals surface area contributed by atoms with Crippen molar-refractivity contribution in [1.29, 1.82) is 0 Å². The number of nitrogens with one attached hydrogen (secondary N) is 3. The Balaban J connectivity index is 1.06. The Morgan fingerprint density at radius 3 is 2.86 bits per heavy atom. The van der Waals surface area contributed by atoms with Gasteiger partial charge in [0.1, 0.15) is 18.1 Å². The molecule has 1 saturated heterocycles. The van der Waals surface area contributed by atoms with Gasteiger partial charge in [0.25, 0.3) is 0 Å². The standard InChI is InChI=1S/C23H22FN9O3/c24-19-16(36-22(34)30-23-5-12(6-23)7-23)10-35-20(19)15-3-17(32-31-15)29-21-28-14(13-8-25-11-26-9-13)4-18-27-1-2-33(18)21/h1-4,8-9,11-12,16,19-20H,5-7,10H2,(H,30,34)(H2,28,29,31,32)/t12?,16-,19-,20-,23?/m0/s1. The molecule has 0 spiro atoms. The SMILES string of the molecule is O=C(NC12CC(C1)C2)O[C@H]1CO[C@@H](c2cc(Nc3nc(-c4cncnc4)cc4nccn34)n[nH]2)[C@H]1F. The highest BCUT2D eigenvalue weighted by molar-refractivity contribution is 5.69. The Kier molecular flexibility index (Phi) is 4.67. The highest BCUT2D eigenvalue weighted by atomic mass is 19.1. The van der Waals surface area contributed by atoms with E-state index in [-0.39, 0.29) is 12.1 Å². The number of ether oxygens (including phenoxy) is 2. The van der Waals surface area contributed by atoms with E-state index in [1.54, 1.807) is 35.3 Å². The van der Waals surface area contributed by atoms with E-state index in [1.807, 2.05) is 6.07 Å². The minimum absolute atomic E-state index is 0.0327. The average molecular weight is 491 g/mol. The number of amides is 1. The number of aromatic amines is 1. The molecule has 4 aromatic rings. The van der Waals surface area contributed by atoms with E-state index in [9.17, 15) is 4.79 Å². The van der Waals surface area contributed by atoms with Crippen LogP contribution >= 0.6 is 0 Å². The summed E-state index contributed by atoms with van der Waals surface area (Å²) in [5.74, 6) is 1.59. The van der Waals surface area contributed by atoms with E-state index in [1.165, 1.54) is 6.33 Å². The molecule has 0 radical (unpaired) electrons. The van der Waals surface area contributed by atoms with Crippen LogP contribution in [-0.4, -0.2) is 65.0 Å². The number of carbonyl (C=O) groups is 1. The molecule has 3 saturated carbocycles. The third-order valence-electron chi connectivity index (χ3n) is 7.14. The fourth-order valence-electron chi connectivity index (χ4n) is 5.20. The van der Waals surface area contributed by atoms with Crippen molar-refractivity contribution in [2.75, 3.05) is 11.9 Å². The zero-order valence-electron chi connectivity index (χ0n) is 19.0. The zero-order valence-corrected chi connectivity index (χ0v) is 19.0. The van der Waals surface area contributed by atoms with Crippen molar-refractivity contribution in [3.8, 4) is 11.3 Å². The van der Waals surface area contributed by atoms with Crippen molar-refractivity contribution in [3.63, 3.8) is 0 Å². The lowest BCUT2D eigenvalue weighted by atomic mass is 9.50. The first-order valence-corrected chi connectivity index (χ1v) is 11.7. The monoisotopic (exact) mass is 491 g/mol. The number of hydrogen-bond donors (Lipinski definition) is 3. The van der Waals surface area contributed by atoms with Crippen molar-refractivity contribution in [2.45, 2.75) is 43.2 Å². The molecular formula is C23H22FN9O3. The highest BCUT2D eigenvalue weighted by Gasteiger charge is 2.58. The Labute approximate surface area is 203 Å². The molecule has 1 aliphatic heterocycles. The fraction of sp³-hybridized carbons (Fsp3) is 0.391. The molecule has 5 heterocycles. The molecule has 36 heavy (non-hydrogen) atoms. The fourth-order valence-corrected chi connectivity index (χ4v) is 5.20. The molecule has 3 aliphatic carbocycles. The minimum atomic E-state index is -1.53. The Hall–Kier alpha value is -4.13. The summed E-state index contributed by atoms with van der Waals surface area (Å²) < 4.78 is 27.9. The largest absolute Gasteiger partial charge is 0.441 e. The Morgan fingerprint density at radius 1 is 1.25 bits per heavy atom. The molecule has 4 fully saturated rings. The average Bonchev–Trinajstić information content (AvgIpc) is 3.57. The normalized spacial score (nSPS) is 28.4. The van der Waals surface area contributed by atoms with Gasteiger partial charge in [-0.25, -0.2) is 29.1 Å². The van der Waals surface area contributed by atoms with Crippen molar-refractivity contribution in [1.82, 2.24) is 39.9 Å².